The predicted octanol–water partition coefficient (Wildman–Crippen LogP) is 1.77. The maximum atomic E-state index is 10.9. The Bertz CT molecular complexity index is 524. The summed E-state index contributed by atoms with van der Waals surface area (Å²) in [6.45, 7) is 2.30. The number of carbonyl (C=O) groups is 1. The molecular formula is C13H15N3OS. The van der Waals surface area contributed by atoms with Crippen LogP contribution in [0, 0.1) is 0 Å². The lowest BCUT2D eigenvalue weighted by molar-refractivity contribution is -0.119. The Morgan fingerprint density at radius 3 is 2.83 bits per heavy atom. The molecule has 0 bridgehead atoms. The lowest BCUT2D eigenvalue weighted by Crippen LogP contribution is -2.38. The molecule has 5 heteroatoms. The summed E-state index contributed by atoms with van der Waals surface area (Å²) in [6, 6.07) is 9.67. The van der Waals surface area contributed by atoms with Gasteiger partial charge in [-0.3, -0.25) is 10.1 Å². The van der Waals surface area contributed by atoms with Crippen molar-refractivity contribution in [2.24, 2.45) is 5.73 Å². The van der Waals surface area contributed by atoms with Gasteiger partial charge in [0.1, 0.15) is 5.01 Å². The number of carbonyl (C=O) groups excluding carboxylic acids is 1. The van der Waals surface area contributed by atoms with Crippen molar-refractivity contribution in [2.75, 3.05) is 0 Å². The van der Waals surface area contributed by atoms with Crippen molar-refractivity contribution in [1.29, 1.82) is 0 Å². The molecule has 2 aromatic rings. The van der Waals surface area contributed by atoms with Crippen LogP contribution in [-0.4, -0.2) is 16.9 Å². The summed E-state index contributed by atoms with van der Waals surface area (Å²) in [5.41, 5.74) is 7.24. The summed E-state index contributed by atoms with van der Waals surface area (Å²) < 4.78 is 0. The third-order valence-corrected chi connectivity index (χ3v) is 3.46. The van der Waals surface area contributed by atoms with Crippen molar-refractivity contribution < 1.29 is 4.79 Å². The van der Waals surface area contributed by atoms with Crippen LogP contribution in [0.25, 0.3) is 11.3 Å². The summed E-state index contributed by atoms with van der Waals surface area (Å²) >= 11 is 1.57. The average molecular weight is 261 g/mol. The number of thiazole rings is 1. The van der Waals surface area contributed by atoms with E-state index < -0.39 is 0 Å². The van der Waals surface area contributed by atoms with Crippen LogP contribution in [0.15, 0.2) is 35.7 Å². The first kappa shape index (κ1) is 12.7. The minimum absolute atomic E-state index is 0.339. The topological polar surface area (TPSA) is 68.0 Å². The van der Waals surface area contributed by atoms with Gasteiger partial charge in [-0.25, -0.2) is 4.98 Å². The minimum Gasteiger partial charge on any atom is -0.368 e. The highest BCUT2D eigenvalue weighted by molar-refractivity contribution is 7.09. The second kappa shape index (κ2) is 5.75. The highest BCUT2D eigenvalue weighted by Crippen LogP contribution is 2.21. The van der Waals surface area contributed by atoms with Crippen molar-refractivity contribution in [3.05, 3.63) is 40.7 Å². The van der Waals surface area contributed by atoms with Gasteiger partial charge < -0.3 is 5.73 Å². The zero-order valence-corrected chi connectivity index (χ0v) is 10.9. The van der Waals surface area contributed by atoms with Gasteiger partial charge in [0.2, 0.25) is 5.91 Å². The van der Waals surface area contributed by atoms with E-state index >= 15 is 0 Å². The number of amides is 1. The van der Waals surface area contributed by atoms with Gasteiger partial charge >= 0.3 is 0 Å². The summed E-state index contributed by atoms with van der Waals surface area (Å²) in [5.74, 6) is -0.352. The standard InChI is InChI=1S/C13H15N3OS/c1-9(13(14)17)15-7-12-16-11(8-18-12)10-5-3-2-4-6-10/h2-6,8-9,15H,7H2,1H3,(H2,14,17). The fourth-order valence-electron chi connectivity index (χ4n) is 1.47. The van der Waals surface area contributed by atoms with Gasteiger partial charge in [-0.05, 0) is 6.92 Å². The van der Waals surface area contributed by atoms with E-state index in [1.807, 2.05) is 35.7 Å². The molecule has 1 amide bonds. The number of nitrogens with zero attached hydrogens (tertiary/aromatic N) is 1. The van der Waals surface area contributed by atoms with Gasteiger partial charge in [-0.15, -0.1) is 11.3 Å². The second-order valence-electron chi connectivity index (χ2n) is 4.00. The zero-order chi connectivity index (χ0) is 13.0. The van der Waals surface area contributed by atoms with Gasteiger partial charge in [-0.2, -0.15) is 0 Å². The highest BCUT2D eigenvalue weighted by Gasteiger charge is 2.09. The molecule has 3 N–H and O–H groups in total. The van der Waals surface area contributed by atoms with E-state index in [1.54, 1.807) is 18.3 Å². The Balaban J connectivity index is 2.01. The van der Waals surface area contributed by atoms with E-state index in [1.165, 1.54) is 0 Å². The largest absolute Gasteiger partial charge is 0.368 e. The number of primary amides is 1. The fourth-order valence-corrected chi connectivity index (χ4v) is 2.23. The quantitative estimate of drug-likeness (QED) is 0.862. The van der Waals surface area contributed by atoms with Crippen molar-refractivity contribution in [1.82, 2.24) is 10.3 Å². The molecule has 0 saturated carbocycles. The van der Waals surface area contributed by atoms with Crippen molar-refractivity contribution in [2.45, 2.75) is 19.5 Å². The third-order valence-electron chi connectivity index (χ3n) is 2.61. The van der Waals surface area contributed by atoms with Crippen LogP contribution in [0.2, 0.25) is 0 Å². The van der Waals surface area contributed by atoms with E-state index in [4.69, 9.17) is 5.73 Å². The number of nitrogens with two attached hydrogens (primary N) is 1. The summed E-state index contributed by atoms with van der Waals surface area (Å²) in [7, 11) is 0. The monoisotopic (exact) mass is 261 g/mol. The van der Waals surface area contributed by atoms with Gasteiger partial charge in [0.25, 0.3) is 0 Å². The summed E-state index contributed by atoms with van der Waals surface area (Å²) in [4.78, 5) is 15.4. The second-order valence-corrected chi connectivity index (χ2v) is 4.94. The number of nitrogens with one attached hydrogen (secondary N) is 1. The molecule has 1 aromatic heterocycles. The first-order valence-corrected chi connectivity index (χ1v) is 6.57. The molecule has 1 atom stereocenters. The molecule has 2 rings (SSSR count). The van der Waals surface area contributed by atoms with Crippen molar-refractivity contribution >= 4 is 17.2 Å². The lowest BCUT2D eigenvalue weighted by atomic mass is 10.2. The molecule has 1 heterocycles. The number of hydrogen-bond donors (Lipinski definition) is 2. The smallest absolute Gasteiger partial charge is 0.234 e. The van der Waals surface area contributed by atoms with Crippen LogP contribution in [0.5, 0.6) is 0 Å². The first-order valence-electron chi connectivity index (χ1n) is 5.69. The van der Waals surface area contributed by atoms with E-state index in [2.05, 4.69) is 10.3 Å². The molecular weight excluding hydrogens is 246 g/mol. The summed E-state index contributed by atoms with van der Waals surface area (Å²) in [6.07, 6.45) is 0. The highest BCUT2D eigenvalue weighted by atomic mass is 32.1. The maximum absolute atomic E-state index is 10.9. The van der Waals surface area contributed by atoms with Crippen LogP contribution in [0.3, 0.4) is 0 Å². The number of benzene rings is 1. The Hall–Kier alpha value is -1.72. The number of hydrogen-bond acceptors (Lipinski definition) is 4. The fraction of sp³-hybridized carbons (Fsp3) is 0.231. The van der Waals surface area contributed by atoms with Crippen LogP contribution in [0.1, 0.15) is 11.9 Å². The molecule has 1 aromatic carbocycles. The molecule has 18 heavy (non-hydrogen) atoms. The van der Waals surface area contributed by atoms with Gasteiger partial charge in [0.05, 0.1) is 11.7 Å². The first-order chi connectivity index (χ1) is 8.66. The van der Waals surface area contributed by atoms with Crippen LogP contribution in [-0.2, 0) is 11.3 Å². The normalized spacial score (nSPS) is 12.3. The molecule has 0 aliphatic carbocycles. The van der Waals surface area contributed by atoms with Crippen molar-refractivity contribution in [3.8, 4) is 11.3 Å². The zero-order valence-electron chi connectivity index (χ0n) is 10.1. The minimum atomic E-state index is -0.352. The molecule has 0 fully saturated rings. The summed E-state index contributed by atoms with van der Waals surface area (Å²) in [5, 5.41) is 6.00. The molecule has 0 aliphatic rings. The van der Waals surface area contributed by atoms with Crippen LogP contribution in [0.4, 0.5) is 0 Å². The average Bonchev–Trinajstić information content (AvgIpc) is 2.85. The molecule has 94 valence electrons. The third kappa shape index (κ3) is 3.15. The number of aromatic nitrogens is 1. The van der Waals surface area contributed by atoms with Crippen LogP contribution >= 0.6 is 11.3 Å². The number of rotatable bonds is 5. The molecule has 0 radical (unpaired) electrons. The van der Waals surface area contributed by atoms with E-state index in [-0.39, 0.29) is 11.9 Å². The predicted molar refractivity (Wildman–Crippen MR) is 73.0 cm³/mol. The van der Waals surface area contributed by atoms with Gasteiger partial charge in [0.15, 0.2) is 0 Å². The van der Waals surface area contributed by atoms with E-state index in [9.17, 15) is 4.79 Å². The Morgan fingerprint density at radius 2 is 2.17 bits per heavy atom. The van der Waals surface area contributed by atoms with Gasteiger partial charge in [0, 0.05) is 17.5 Å². The van der Waals surface area contributed by atoms with Gasteiger partial charge in [-0.1, -0.05) is 30.3 Å². The lowest BCUT2D eigenvalue weighted by Gasteiger charge is -2.07. The molecule has 0 spiro atoms. The van der Waals surface area contributed by atoms with E-state index in [0.717, 1.165) is 16.3 Å². The molecule has 4 nitrogen and oxygen atoms in total. The van der Waals surface area contributed by atoms with Crippen molar-refractivity contribution in [3.63, 3.8) is 0 Å². The Morgan fingerprint density at radius 1 is 1.44 bits per heavy atom. The Labute approximate surface area is 110 Å². The Kier molecular flexibility index (Phi) is 4.07. The van der Waals surface area contributed by atoms with E-state index in [0.29, 0.717) is 6.54 Å². The van der Waals surface area contributed by atoms with Crippen LogP contribution < -0.4 is 11.1 Å². The molecule has 0 saturated heterocycles. The molecule has 1 unspecified atom stereocenters. The molecule has 0 aliphatic heterocycles. The maximum Gasteiger partial charge on any atom is 0.234 e. The SMILES string of the molecule is CC(NCc1nc(-c2ccccc2)cs1)C(N)=O.